The summed E-state index contributed by atoms with van der Waals surface area (Å²) >= 11 is 0. The van der Waals surface area contributed by atoms with E-state index in [1.54, 1.807) is 43.3 Å². The van der Waals surface area contributed by atoms with Gasteiger partial charge in [0.2, 0.25) is 17.1 Å². The van der Waals surface area contributed by atoms with E-state index >= 15 is 0 Å². The summed E-state index contributed by atoms with van der Waals surface area (Å²) in [5, 5.41) is 13.5. The highest BCUT2D eigenvalue weighted by Crippen LogP contribution is 2.35. The molecule has 3 aromatic rings. The number of likely N-dealkylation sites (tertiary alicyclic amines) is 1. The van der Waals surface area contributed by atoms with Gasteiger partial charge < -0.3 is 29.0 Å². The van der Waals surface area contributed by atoms with Crippen LogP contribution in [-0.4, -0.2) is 53.0 Å². The molecule has 5 rings (SSSR count). The van der Waals surface area contributed by atoms with Gasteiger partial charge in [0.05, 0.1) is 7.11 Å². The molecule has 2 aliphatic heterocycles. The van der Waals surface area contributed by atoms with Gasteiger partial charge in [0, 0.05) is 61.9 Å². The molecule has 0 aliphatic carbocycles. The van der Waals surface area contributed by atoms with Crippen molar-refractivity contribution in [2.45, 2.75) is 38.3 Å². The quantitative estimate of drug-likeness (QED) is 0.422. The molecule has 3 atom stereocenters. The van der Waals surface area contributed by atoms with E-state index in [2.05, 4.69) is 5.32 Å². The number of aryl methyl sites for hydroxylation is 1. The van der Waals surface area contributed by atoms with Crippen LogP contribution in [0.25, 0.3) is 0 Å². The Morgan fingerprint density at radius 2 is 1.90 bits per heavy atom. The van der Waals surface area contributed by atoms with Crippen molar-refractivity contribution in [3.05, 3.63) is 91.9 Å². The minimum Gasteiger partial charge on any atom is -0.502 e. The van der Waals surface area contributed by atoms with Crippen molar-refractivity contribution < 1.29 is 23.8 Å². The zero-order valence-electron chi connectivity index (χ0n) is 21.9. The second-order valence-corrected chi connectivity index (χ2v) is 10.2. The predicted molar refractivity (Wildman–Crippen MR) is 142 cm³/mol. The molecule has 2 N–H and O–H groups in total. The summed E-state index contributed by atoms with van der Waals surface area (Å²) in [6, 6.07) is 11.7. The minimum absolute atomic E-state index is 0.00945. The van der Waals surface area contributed by atoms with Crippen molar-refractivity contribution in [1.29, 1.82) is 0 Å². The number of nitrogens with zero attached hydrogens (tertiary/aromatic N) is 2. The first-order valence-electron chi connectivity index (χ1n) is 13.0. The molecule has 1 aromatic carbocycles. The summed E-state index contributed by atoms with van der Waals surface area (Å²) in [7, 11) is 1.52. The molecule has 2 aliphatic rings. The van der Waals surface area contributed by atoms with Crippen LogP contribution < -0.4 is 21.0 Å². The zero-order valence-corrected chi connectivity index (χ0v) is 21.9. The molecule has 1 fully saturated rings. The molecule has 2 aromatic heterocycles. The van der Waals surface area contributed by atoms with Crippen molar-refractivity contribution in [3.63, 3.8) is 0 Å². The molecule has 0 radical (unpaired) electrons. The van der Waals surface area contributed by atoms with Crippen molar-refractivity contribution in [2.24, 2.45) is 5.92 Å². The number of ether oxygens (including phenoxy) is 1. The molecule has 1 unspecified atom stereocenters. The molecule has 10 heteroatoms. The van der Waals surface area contributed by atoms with E-state index < -0.39 is 23.0 Å². The van der Waals surface area contributed by atoms with E-state index in [1.165, 1.54) is 7.11 Å². The van der Waals surface area contributed by atoms with Crippen LogP contribution in [0.15, 0.2) is 62.5 Å². The number of rotatable bonds is 8. The van der Waals surface area contributed by atoms with E-state index in [1.807, 2.05) is 15.5 Å². The Morgan fingerprint density at radius 3 is 2.64 bits per heavy atom. The Bertz CT molecular complexity index is 1510. The minimum atomic E-state index is -1.18. The fourth-order valence-corrected chi connectivity index (χ4v) is 5.63. The van der Waals surface area contributed by atoms with Crippen molar-refractivity contribution in [3.8, 4) is 11.5 Å². The van der Waals surface area contributed by atoms with Crippen LogP contribution >= 0.6 is 0 Å². The number of hydrogen-bond acceptors (Lipinski definition) is 8. The summed E-state index contributed by atoms with van der Waals surface area (Å²) in [5.41, 5.74) is 0.619. The van der Waals surface area contributed by atoms with E-state index in [9.17, 15) is 24.3 Å². The third-order valence-corrected chi connectivity index (χ3v) is 7.49. The van der Waals surface area contributed by atoms with Crippen LogP contribution in [0.3, 0.4) is 0 Å². The van der Waals surface area contributed by atoms with Crippen molar-refractivity contribution >= 4 is 11.7 Å². The van der Waals surface area contributed by atoms with E-state index in [-0.39, 0.29) is 47.8 Å². The molecule has 4 heterocycles. The number of aromatic hydroxyl groups is 1. The fraction of sp³-hybridized carbons (Fsp3) is 0.379. The third-order valence-electron chi connectivity index (χ3n) is 7.49. The van der Waals surface area contributed by atoms with Gasteiger partial charge >= 0.3 is 0 Å². The lowest BCUT2D eigenvalue weighted by Crippen LogP contribution is -2.49. The Balaban J connectivity index is 1.31. The van der Waals surface area contributed by atoms with Crippen LogP contribution in [-0.2, 0) is 11.3 Å². The third kappa shape index (κ3) is 5.37. The van der Waals surface area contributed by atoms with Gasteiger partial charge in [-0.05, 0) is 49.6 Å². The Hall–Kier alpha value is -4.18. The largest absolute Gasteiger partial charge is 0.502 e. The van der Waals surface area contributed by atoms with E-state index in [0.717, 1.165) is 18.2 Å². The molecule has 39 heavy (non-hydrogen) atoms. The first-order chi connectivity index (χ1) is 18.7. The lowest BCUT2D eigenvalue weighted by Gasteiger charge is -2.42. The summed E-state index contributed by atoms with van der Waals surface area (Å²) in [6.07, 6.45) is 1.04. The Kier molecular flexibility index (Phi) is 7.38. The number of methoxy groups -OCH3 is 1. The van der Waals surface area contributed by atoms with Crippen LogP contribution in [0, 0.1) is 12.8 Å². The number of ketones is 1. The highest BCUT2D eigenvalue weighted by atomic mass is 16.5. The monoisotopic (exact) mass is 533 g/mol. The Morgan fingerprint density at radius 1 is 1.13 bits per heavy atom. The first kappa shape index (κ1) is 26.4. The van der Waals surface area contributed by atoms with Gasteiger partial charge in [0.1, 0.15) is 17.6 Å². The first-order valence-corrected chi connectivity index (χ1v) is 13.0. The molecular weight excluding hydrogens is 502 g/mol. The van der Waals surface area contributed by atoms with Crippen molar-refractivity contribution in [2.75, 3.05) is 26.7 Å². The zero-order chi connectivity index (χ0) is 27.7. The fourth-order valence-electron chi connectivity index (χ4n) is 5.63. The summed E-state index contributed by atoms with van der Waals surface area (Å²) < 4.78 is 12.6. The van der Waals surface area contributed by atoms with Gasteiger partial charge in [0.15, 0.2) is 11.5 Å². The second-order valence-electron chi connectivity index (χ2n) is 10.2. The standard InChI is InChI=1S/C29H31N3O7/c1-17-12-23(33)28(37)29(39-17)26(27(36)19-6-8-21(38-2)9-7-19)30-11-10-24(34)31-14-18-13-20(16-31)22-4-3-5-25(35)32(22)15-18/h3-9,12,18,20,26,30,37H,10-11,13-16H2,1-2H3/t18-,20+,26?/m1/s1. The smallest absolute Gasteiger partial charge is 0.250 e. The number of fused-ring (bicyclic) bond motifs is 4. The van der Waals surface area contributed by atoms with E-state index in [4.69, 9.17) is 9.15 Å². The molecule has 204 valence electrons. The summed E-state index contributed by atoms with van der Waals surface area (Å²) in [4.78, 5) is 53.0. The van der Waals surface area contributed by atoms with Crippen LogP contribution in [0.2, 0.25) is 0 Å². The molecule has 10 nitrogen and oxygen atoms in total. The lowest BCUT2D eigenvalue weighted by molar-refractivity contribution is -0.133. The van der Waals surface area contributed by atoms with Crippen molar-refractivity contribution in [1.82, 2.24) is 14.8 Å². The maximum Gasteiger partial charge on any atom is 0.250 e. The van der Waals surface area contributed by atoms with Gasteiger partial charge in [-0.15, -0.1) is 0 Å². The Labute approximate surface area is 224 Å². The second kappa shape index (κ2) is 10.9. The normalized spacial score (nSPS) is 18.8. The van der Waals surface area contributed by atoms with Gasteiger partial charge in [-0.25, -0.2) is 0 Å². The number of aromatic nitrogens is 1. The molecule has 0 spiro atoms. The van der Waals surface area contributed by atoms with Gasteiger partial charge in [0.25, 0.3) is 5.56 Å². The number of hydrogen-bond donors (Lipinski definition) is 2. The van der Waals surface area contributed by atoms with Crippen LogP contribution in [0.4, 0.5) is 0 Å². The average molecular weight is 534 g/mol. The number of amides is 1. The highest BCUT2D eigenvalue weighted by molar-refractivity contribution is 6.00. The summed E-state index contributed by atoms with van der Waals surface area (Å²) in [6.45, 7) is 3.36. The summed E-state index contributed by atoms with van der Waals surface area (Å²) in [5.74, 6) is -0.213. The maximum absolute atomic E-state index is 13.5. The van der Waals surface area contributed by atoms with Gasteiger partial charge in [-0.2, -0.15) is 0 Å². The molecule has 0 saturated carbocycles. The number of carbonyl (C=O) groups excluding carboxylic acids is 2. The molecule has 2 bridgehead atoms. The average Bonchev–Trinajstić information content (AvgIpc) is 2.93. The van der Waals surface area contributed by atoms with Crippen LogP contribution in [0.5, 0.6) is 11.5 Å². The van der Waals surface area contributed by atoms with Crippen LogP contribution in [0.1, 0.15) is 52.4 Å². The predicted octanol–water partition coefficient (Wildman–Crippen LogP) is 2.37. The molecular formula is C29H31N3O7. The van der Waals surface area contributed by atoms with E-state index in [0.29, 0.717) is 30.9 Å². The van der Waals surface area contributed by atoms with Gasteiger partial charge in [-0.3, -0.25) is 19.2 Å². The number of nitrogens with one attached hydrogen (secondary N) is 1. The topological polar surface area (TPSA) is 131 Å². The number of Topliss-reactive ketones (excluding diaryl/α,β-unsaturated/α-hetero) is 1. The number of carbonyl (C=O) groups is 2. The number of piperidine rings is 1. The number of pyridine rings is 1. The lowest BCUT2D eigenvalue weighted by atomic mass is 9.83. The number of benzene rings is 1. The SMILES string of the molecule is COc1ccc(C(=O)C(NCCC(=O)N2C[C@H]3C[C@@H](C2)c2cccc(=O)n2C3)c2oc(C)cc(=O)c2O)cc1. The maximum atomic E-state index is 13.5. The molecule has 1 amide bonds. The van der Waals surface area contributed by atoms with Gasteiger partial charge in [-0.1, -0.05) is 6.07 Å². The molecule has 1 saturated heterocycles. The highest BCUT2D eigenvalue weighted by Gasteiger charge is 2.36.